The van der Waals surface area contributed by atoms with E-state index in [0.717, 1.165) is 27.6 Å². The SMILES string of the molecule is C[Si](C)(C)c1oc(-c2ccccc2)nc1SCc1ccccc1. The number of hydrogen-bond acceptors (Lipinski definition) is 3. The Hall–Kier alpha value is -1.78. The third-order valence-electron chi connectivity index (χ3n) is 3.52. The number of rotatable bonds is 5. The Labute approximate surface area is 143 Å². The molecule has 1 aromatic heterocycles. The van der Waals surface area contributed by atoms with Crippen molar-refractivity contribution in [2.45, 2.75) is 30.4 Å². The Morgan fingerprint density at radius 1 is 0.913 bits per heavy atom. The second-order valence-electron chi connectivity index (χ2n) is 6.54. The van der Waals surface area contributed by atoms with Crippen molar-refractivity contribution in [1.82, 2.24) is 4.98 Å². The summed E-state index contributed by atoms with van der Waals surface area (Å²) in [5, 5.41) is 2.14. The van der Waals surface area contributed by atoms with Gasteiger partial charge in [-0.15, -0.1) is 0 Å². The van der Waals surface area contributed by atoms with Gasteiger partial charge in [0.05, 0.1) is 0 Å². The zero-order chi connectivity index (χ0) is 16.3. The molecule has 1 heterocycles. The van der Waals surface area contributed by atoms with E-state index < -0.39 is 8.07 Å². The van der Waals surface area contributed by atoms with Crippen LogP contribution >= 0.6 is 11.8 Å². The molecule has 0 unspecified atom stereocenters. The third-order valence-corrected chi connectivity index (χ3v) is 6.43. The maximum Gasteiger partial charge on any atom is 0.226 e. The minimum absolute atomic E-state index is 0.735. The highest BCUT2D eigenvalue weighted by atomic mass is 32.2. The van der Waals surface area contributed by atoms with Gasteiger partial charge in [-0.05, 0) is 17.7 Å². The molecule has 0 atom stereocenters. The van der Waals surface area contributed by atoms with Gasteiger partial charge >= 0.3 is 0 Å². The first-order chi connectivity index (χ1) is 11.0. The van der Waals surface area contributed by atoms with Crippen molar-refractivity contribution in [3.63, 3.8) is 0 Å². The molecule has 3 aromatic rings. The van der Waals surface area contributed by atoms with Crippen molar-refractivity contribution in [3.8, 4) is 11.5 Å². The molecule has 0 fully saturated rings. The Kier molecular flexibility index (Phi) is 4.73. The summed E-state index contributed by atoms with van der Waals surface area (Å²) < 4.78 is 6.18. The highest BCUT2D eigenvalue weighted by Crippen LogP contribution is 2.27. The zero-order valence-electron chi connectivity index (χ0n) is 13.7. The van der Waals surface area contributed by atoms with Crippen LogP contribution in [0.4, 0.5) is 0 Å². The van der Waals surface area contributed by atoms with Crippen molar-refractivity contribution >= 4 is 25.2 Å². The van der Waals surface area contributed by atoms with Gasteiger partial charge < -0.3 is 4.42 Å². The lowest BCUT2D eigenvalue weighted by atomic mass is 10.2. The summed E-state index contributed by atoms with van der Waals surface area (Å²) in [5.74, 6) is 1.65. The number of oxazole rings is 1. The standard InChI is InChI=1S/C19H21NOSSi/c1-23(2,3)19-18(22-14-15-10-6-4-7-11-15)20-17(21-19)16-12-8-5-9-13-16/h4-13H,14H2,1-3H3. The molecule has 23 heavy (non-hydrogen) atoms. The van der Waals surface area contributed by atoms with E-state index in [1.807, 2.05) is 36.4 Å². The van der Waals surface area contributed by atoms with Gasteiger partial charge in [-0.1, -0.05) is 79.9 Å². The summed E-state index contributed by atoms with van der Waals surface area (Å²) in [6, 6.07) is 20.6. The highest BCUT2D eigenvalue weighted by molar-refractivity contribution is 7.98. The predicted octanol–water partition coefficient (Wildman–Crippen LogP) is 5.18. The minimum atomic E-state index is -1.58. The molecule has 0 aliphatic rings. The van der Waals surface area contributed by atoms with Crippen molar-refractivity contribution in [2.75, 3.05) is 0 Å². The van der Waals surface area contributed by atoms with Crippen molar-refractivity contribution in [2.24, 2.45) is 0 Å². The fourth-order valence-corrected chi connectivity index (χ4v) is 5.36. The fraction of sp³-hybridized carbons (Fsp3) is 0.211. The van der Waals surface area contributed by atoms with E-state index in [-0.39, 0.29) is 0 Å². The molecule has 0 saturated carbocycles. The van der Waals surface area contributed by atoms with Crippen LogP contribution in [0, 0.1) is 0 Å². The summed E-state index contributed by atoms with van der Waals surface area (Å²) in [6.07, 6.45) is 0. The average Bonchev–Trinajstić information content (AvgIpc) is 2.99. The van der Waals surface area contributed by atoms with Crippen molar-refractivity contribution < 1.29 is 4.42 Å². The monoisotopic (exact) mass is 339 g/mol. The minimum Gasteiger partial charge on any atom is -0.445 e. The number of aromatic nitrogens is 1. The molecule has 2 nitrogen and oxygen atoms in total. The summed E-state index contributed by atoms with van der Waals surface area (Å²) in [6.45, 7) is 6.90. The van der Waals surface area contributed by atoms with E-state index in [4.69, 9.17) is 9.40 Å². The molecule has 0 bridgehead atoms. The first-order valence-electron chi connectivity index (χ1n) is 7.77. The predicted molar refractivity (Wildman–Crippen MR) is 101 cm³/mol. The molecule has 0 aliphatic carbocycles. The van der Waals surface area contributed by atoms with Crippen LogP contribution in [0.2, 0.25) is 19.6 Å². The van der Waals surface area contributed by atoms with Crippen molar-refractivity contribution in [3.05, 3.63) is 66.2 Å². The topological polar surface area (TPSA) is 26.0 Å². The molecule has 118 valence electrons. The van der Waals surface area contributed by atoms with Gasteiger partial charge in [-0.2, -0.15) is 0 Å². The molecule has 0 radical (unpaired) electrons. The number of hydrogen-bond donors (Lipinski definition) is 0. The molecule has 0 spiro atoms. The van der Waals surface area contributed by atoms with E-state index in [9.17, 15) is 0 Å². The number of benzene rings is 2. The Bertz CT molecular complexity index is 763. The molecule has 0 N–H and O–H groups in total. The first-order valence-corrected chi connectivity index (χ1v) is 12.3. The average molecular weight is 340 g/mol. The highest BCUT2D eigenvalue weighted by Gasteiger charge is 2.28. The molecule has 0 aliphatic heterocycles. The lowest BCUT2D eigenvalue weighted by molar-refractivity contribution is 0.601. The Balaban J connectivity index is 1.90. The van der Waals surface area contributed by atoms with E-state index in [1.54, 1.807) is 11.8 Å². The summed E-state index contributed by atoms with van der Waals surface area (Å²) in [5.41, 5.74) is 2.35. The van der Waals surface area contributed by atoms with E-state index in [0.29, 0.717) is 0 Å². The number of thioether (sulfide) groups is 1. The summed E-state index contributed by atoms with van der Waals surface area (Å²) in [4.78, 5) is 4.79. The molecule has 4 heteroatoms. The van der Waals surface area contributed by atoms with Gasteiger partial charge in [0.2, 0.25) is 5.89 Å². The van der Waals surface area contributed by atoms with Gasteiger partial charge in [0.1, 0.15) is 18.5 Å². The molecule has 2 aromatic carbocycles. The maximum absolute atomic E-state index is 6.18. The Morgan fingerprint density at radius 3 is 2.13 bits per heavy atom. The molecule has 0 saturated heterocycles. The third kappa shape index (κ3) is 3.95. The summed E-state index contributed by atoms with van der Waals surface area (Å²) in [7, 11) is -1.58. The van der Waals surface area contributed by atoms with Crippen LogP contribution in [-0.2, 0) is 5.75 Å². The van der Waals surface area contributed by atoms with Gasteiger partial charge in [0, 0.05) is 11.3 Å². The molecular formula is C19H21NOSSi. The van der Waals surface area contributed by atoms with Crippen LogP contribution in [0.15, 0.2) is 70.1 Å². The van der Waals surface area contributed by atoms with Crippen LogP contribution < -0.4 is 5.38 Å². The normalized spacial score (nSPS) is 11.6. The van der Waals surface area contributed by atoms with Crippen LogP contribution in [0.25, 0.3) is 11.5 Å². The first kappa shape index (κ1) is 16.1. The maximum atomic E-state index is 6.18. The molecule has 3 rings (SSSR count). The second kappa shape index (κ2) is 6.77. The van der Waals surface area contributed by atoms with Gasteiger partial charge in [0.15, 0.2) is 0 Å². The van der Waals surface area contributed by atoms with E-state index in [2.05, 4.69) is 43.9 Å². The van der Waals surface area contributed by atoms with E-state index >= 15 is 0 Å². The largest absolute Gasteiger partial charge is 0.445 e. The quantitative estimate of drug-likeness (QED) is 0.473. The molecule has 0 amide bonds. The van der Waals surface area contributed by atoms with Crippen LogP contribution in [0.1, 0.15) is 5.56 Å². The fourth-order valence-electron chi connectivity index (χ4n) is 2.31. The number of nitrogens with zero attached hydrogens (tertiary/aromatic N) is 1. The lowest BCUT2D eigenvalue weighted by Gasteiger charge is -2.13. The second-order valence-corrected chi connectivity index (χ2v) is 12.5. The van der Waals surface area contributed by atoms with E-state index in [1.165, 1.54) is 5.56 Å². The lowest BCUT2D eigenvalue weighted by Crippen LogP contribution is -2.37. The molecular weight excluding hydrogens is 318 g/mol. The van der Waals surface area contributed by atoms with Gasteiger partial charge in [-0.3, -0.25) is 0 Å². The van der Waals surface area contributed by atoms with Gasteiger partial charge in [0.25, 0.3) is 0 Å². The smallest absolute Gasteiger partial charge is 0.226 e. The Morgan fingerprint density at radius 2 is 1.52 bits per heavy atom. The zero-order valence-corrected chi connectivity index (χ0v) is 15.6. The van der Waals surface area contributed by atoms with Crippen LogP contribution in [0.3, 0.4) is 0 Å². The van der Waals surface area contributed by atoms with Crippen molar-refractivity contribution in [1.29, 1.82) is 0 Å². The van der Waals surface area contributed by atoms with Crippen LogP contribution in [-0.4, -0.2) is 13.1 Å². The summed E-state index contributed by atoms with van der Waals surface area (Å²) >= 11 is 1.77. The van der Waals surface area contributed by atoms with Gasteiger partial charge in [-0.25, -0.2) is 4.98 Å². The van der Waals surface area contributed by atoms with Crippen LogP contribution in [0.5, 0.6) is 0 Å².